The van der Waals surface area contributed by atoms with Crippen LogP contribution in [-0.4, -0.2) is 65.4 Å². The Morgan fingerprint density at radius 3 is 2.53 bits per heavy atom. The number of nitrogens with zero attached hydrogens (tertiary/aromatic N) is 3. The van der Waals surface area contributed by atoms with Gasteiger partial charge in [-0.2, -0.15) is 0 Å². The highest BCUT2D eigenvalue weighted by molar-refractivity contribution is 6.02. The zero-order valence-corrected chi connectivity index (χ0v) is 18.3. The van der Waals surface area contributed by atoms with Gasteiger partial charge < -0.3 is 10.6 Å². The molecule has 2 heterocycles. The summed E-state index contributed by atoms with van der Waals surface area (Å²) in [6.07, 6.45) is 1.75. The fraction of sp³-hybridized carbons (Fsp3) is 0.320. The zero-order chi connectivity index (χ0) is 22.3. The number of rotatable bonds is 7. The number of benzene rings is 2. The third-order valence-electron chi connectivity index (χ3n) is 5.94. The molecule has 2 aromatic carbocycles. The predicted molar refractivity (Wildman–Crippen MR) is 126 cm³/mol. The third kappa shape index (κ3) is 5.49. The largest absolute Gasteiger partial charge is 0.351 e. The Kier molecular flexibility index (Phi) is 7.09. The molecule has 0 aliphatic carbocycles. The minimum atomic E-state index is -0.254. The van der Waals surface area contributed by atoms with Gasteiger partial charge in [0.2, 0.25) is 11.8 Å². The van der Waals surface area contributed by atoms with Crippen LogP contribution in [0.1, 0.15) is 12.5 Å². The molecule has 1 aliphatic heterocycles. The number of pyridine rings is 1. The summed E-state index contributed by atoms with van der Waals surface area (Å²) in [7, 11) is 0. The number of piperazine rings is 1. The van der Waals surface area contributed by atoms with Crippen LogP contribution in [0.3, 0.4) is 0 Å². The molecular weight excluding hydrogens is 402 g/mol. The molecule has 1 atom stereocenters. The van der Waals surface area contributed by atoms with E-state index in [1.54, 1.807) is 6.20 Å². The number of fused-ring (bicyclic) bond motifs is 1. The second-order valence-corrected chi connectivity index (χ2v) is 8.12. The first-order chi connectivity index (χ1) is 15.6. The molecule has 0 saturated carbocycles. The molecule has 2 amide bonds. The molecule has 1 aromatic heterocycles. The number of amides is 2. The highest BCUT2D eigenvalue weighted by atomic mass is 16.2. The maximum atomic E-state index is 12.9. The second-order valence-electron chi connectivity index (χ2n) is 8.12. The van der Waals surface area contributed by atoms with Crippen molar-refractivity contribution in [2.75, 3.05) is 38.0 Å². The van der Waals surface area contributed by atoms with E-state index in [-0.39, 0.29) is 17.9 Å². The molecule has 1 saturated heterocycles. The van der Waals surface area contributed by atoms with Crippen molar-refractivity contribution in [1.29, 1.82) is 0 Å². The number of anilines is 1. The lowest BCUT2D eigenvalue weighted by atomic mass is 10.1. The Hall–Kier alpha value is -3.29. The van der Waals surface area contributed by atoms with E-state index >= 15 is 0 Å². The van der Waals surface area contributed by atoms with E-state index in [9.17, 15) is 9.59 Å². The average molecular weight is 432 g/mol. The van der Waals surface area contributed by atoms with Gasteiger partial charge in [-0.05, 0) is 36.8 Å². The van der Waals surface area contributed by atoms with Crippen molar-refractivity contribution in [2.24, 2.45) is 0 Å². The molecular formula is C25H29N5O2. The number of carbonyl (C=O) groups is 2. The predicted octanol–water partition coefficient (Wildman–Crippen LogP) is 2.50. The highest BCUT2D eigenvalue weighted by Crippen LogP contribution is 2.22. The topological polar surface area (TPSA) is 77.6 Å². The molecule has 3 aromatic rings. The molecule has 0 spiro atoms. The van der Waals surface area contributed by atoms with Gasteiger partial charge >= 0.3 is 0 Å². The summed E-state index contributed by atoms with van der Waals surface area (Å²) in [6, 6.07) is 19.2. The minimum absolute atomic E-state index is 0.0256. The van der Waals surface area contributed by atoms with E-state index in [1.165, 1.54) is 0 Å². The summed E-state index contributed by atoms with van der Waals surface area (Å²) in [5, 5.41) is 6.97. The minimum Gasteiger partial charge on any atom is -0.351 e. The van der Waals surface area contributed by atoms with Crippen LogP contribution >= 0.6 is 0 Å². The van der Waals surface area contributed by atoms with Crippen LogP contribution in [0.15, 0.2) is 66.9 Å². The maximum Gasteiger partial charge on any atom is 0.241 e. The van der Waals surface area contributed by atoms with Gasteiger partial charge in [0, 0.05) is 44.3 Å². The summed E-state index contributed by atoms with van der Waals surface area (Å²) >= 11 is 0. The van der Waals surface area contributed by atoms with Crippen molar-refractivity contribution < 1.29 is 9.59 Å². The van der Waals surface area contributed by atoms with Gasteiger partial charge in [-0.15, -0.1) is 0 Å². The van der Waals surface area contributed by atoms with Crippen LogP contribution in [0.25, 0.3) is 10.9 Å². The summed E-state index contributed by atoms with van der Waals surface area (Å²) < 4.78 is 0. The van der Waals surface area contributed by atoms with E-state index in [2.05, 4.69) is 25.4 Å². The molecule has 2 N–H and O–H groups in total. The Morgan fingerprint density at radius 2 is 1.75 bits per heavy atom. The molecule has 1 aliphatic rings. The Morgan fingerprint density at radius 1 is 0.969 bits per heavy atom. The van der Waals surface area contributed by atoms with Crippen LogP contribution < -0.4 is 10.6 Å². The summed E-state index contributed by atoms with van der Waals surface area (Å²) in [6.45, 7) is 5.87. The van der Waals surface area contributed by atoms with Crippen LogP contribution in [0.2, 0.25) is 0 Å². The molecule has 7 heteroatoms. The fourth-order valence-electron chi connectivity index (χ4n) is 3.98. The smallest absolute Gasteiger partial charge is 0.241 e. The molecule has 0 bridgehead atoms. The van der Waals surface area contributed by atoms with Gasteiger partial charge in [-0.25, -0.2) is 0 Å². The number of hydrogen-bond acceptors (Lipinski definition) is 5. The summed E-state index contributed by atoms with van der Waals surface area (Å²) in [5.74, 6) is -0.00642. The second kappa shape index (κ2) is 10.3. The number of aromatic nitrogens is 1. The average Bonchev–Trinajstić information content (AvgIpc) is 2.83. The van der Waals surface area contributed by atoms with Crippen molar-refractivity contribution in [3.8, 4) is 0 Å². The zero-order valence-electron chi connectivity index (χ0n) is 18.3. The van der Waals surface area contributed by atoms with Crippen LogP contribution in [-0.2, 0) is 16.1 Å². The lowest BCUT2D eigenvalue weighted by molar-refractivity contribution is -0.124. The van der Waals surface area contributed by atoms with Gasteiger partial charge in [-0.1, -0.05) is 36.4 Å². The molecule has 4 rings (SSSR count). The first-order valence-electron chi connectivity index (χ1n) is 11.0. The molecule has 7 nitrogen and oxygen atoms in total. The van der Waals surface area contributed by atoms with Gasteiger partial charge in [0.05, 0.1) is 23.8 Å². The van der Waals surface area contributed by atoms with Crippen molar-refractivity contribution >= 4 is 28.4 Å². The molecule has 1 fully saturated rings. The van der Waals surface area contributed by atoms with Gasteiger partial charge in [0.25, 0.3) is 0 Å². The van der Waals surface area contributed by atoms with E-state index in [0.29, 0.717) is 13.1 Å². The first kappa shape index (κ1) is 21.9. The Balaban J connectivity index is 1.24. The number of carbonyl (C=O) groups excluding carboxylic acids is 2. The highest BCUT2D eigenvalue weighted by Gasteiger charge is 2.26. The SMILES string of the molecule is C[C@@H](C(=O)Nc1cccc2ncccc12)N1CCN(CC(=O)NCc2ccccc2)CC1. The van der Waals surface area contributed by atoms with Crippen molar-refractivity contribution in [2.45, 2.75) is 19.5 Å². The van der Waals surface area contributed by atoms with E-state index < -0.39 is 0 Å². The van der Waals surface area contributed by atoms with Gasteiger partial charge in [0.15, 0.2) is 0 Å². The van der Waals surface area contributed by atoms with E-state index in [1.807, 2.05) is 67.6 Å². The third-order valence-corrected chi connectivity index (χ3v) is 5.94. The number of hydrogen-bond donors (Lipinski definition) is 2. The Bertz CT molecular complexity index is 1060. The van der Waals surface area contributed by atoms with Crippen molar-refractivity contribution in [3.05, 3.63) is 72.4 Å². The van der Waals surface area contributed by atoms with E-state index in [0.717, 1.165) is 48.3 Å². The lowest BCUT2D eigenvalue weighted by Gasteiger charge is -2.37. The summed E-state index contributed by atoms with van der Waals surface area (Å²) in [5.41, 5.74) is 2.73. The van der Waals surface area contributed by atoms with Crippen molar-refractivity contribution in [3.63, 3.8) is 0 Å². The van der Waals surface area contributed by atoms with Gasteiger partial charge in [0.1, 0.15) is 0 Å². The van der Waals surface area contributed by atoms with Gasteiger partial charge in [-0.3, -0.25) is 24.4 Å². The molecule has 166 valence electrons. The van der Waals surface area contributed by atoms with Crippen LogP contribution in [0.5, 0.6) is 0 Å². The summed E-state index contributed by atoms with van der Waals surface area (Å²) in [4.78, 5) is 33.8. The maximum absolute atomic E-state index is 12.9. The van der Waals surface area contributed by atoms with Crippen molar-refractivity contribution in [1.82, 2.24) is 20.1 Å². The standard InChI is InChI=1S/C25H29N5O2/c1-19(25(32)28-23-11-5-10-22-21(23)9-6-12-26-22)30-15-13-29(14-16-30)18-24(31)27-17-20-7-3-2-4-8-20/h2-12,19H,13-18H2,1H3,(H,27,31)(H,28,32)/t19-/m0/s1. The first-order valence-corrected chi connectivity index (χ1v) is 11.0. The molecule has 32 heavy (non-hydrogen) atoms. The van der Waals surface area contributed by atoms with E-state index in [4.69, 9.17) is 0 Å². The van der Waals surface area contributed by atoms with Crippen LogP contribution in [0.4, 0.5) is 5.69 Å². The monoisotopic (exact) mass is 431 g/mol. The quantitative estimate of drug-likeness (QED) is 0.601. The van der Waals surface area contributed by atoms with Crippen LogP contribution in [0, 0.1) is 0 Å². The Labute approximate surface area is 188 Å². The molecule has 0 radical (unpaired) electrons. The number of nitrogens with one attached hydrogen (secondary N) is 2. The normalized spacial score (nSPS) is 15.9. The lowest BCUT2D eigenvalue weighted by Crippen LogP contribution is -2.54. The molecule has 0 unspecified atom stereocenters. The fourth-order valence-corrected chi connectivity index (χ4v) is 3.98.